The van der Waals surface area contributed by atoms with Crippen molar-refractivity contribution in [2.45, 2.75) is 31.3 Å². The number of benzene rings is 2. The van der Waals surface area contributed by atoms with Crippen LogP contribution in [0.1, 0.15) is 16.7 Å². The molecule has 4 rings (SSSR count). The first-order valence-electron chi connectivity index (χ1n) is 8.88. The Hall–Kier alpha value is -1.50. The maximum absolute atomic E-state index is 12.1. The van der Waals surface area contributed by atoms with E-state index in [0.29, 0.717) is 11.6 Å². The SMILES string of the molecule is Cc1ccccc1CSC1=N[C@@H]2CS(=O)(=O)C[C@H]2N1Cc1ccc(Cl)cc1. The van der Waals surface area contributed by atoms with Crippen molar-refractivity contribution in [1.82, 2.24) is 4.90 Å². The molecule has 2 aliphatic rings. The van der Waals surface area contributed by atoms with Crippen LogP contribution in [0.25, 0.3) is 0 Å². The van der Waals surface area contributed by atoms with Crippen LogP contribution in [0.15, 0.2) is 53.5 Å². The van der Waals surface area contributed by atoms with Gasteiger partial charge in [-0.15, -0.1) is 0 Å². The van der Waals surface area contributed by atoms with Gasteiger partial charge in [-0.05, 0) is 35.7 Å². The molecule has 142 valence electrons. The lowest BCUT2D eigenvalue weighted by Gasteiger charge is -2.26. The quantitative estimate of drug-likeness (QED) is 0.752. The summed E-state index contributed by atoms with van der Waals surface area (Å²) in [4.78, 5) is 6.95. The van der Waals surface area contributed by atoms with E-state index in [4.69, 9.17) is 16.6 Å². The second-order valence-corrected chi connectivity index (χ2v) is 10.6. The number of fused-ring (bicyclic) bond motifs is 1. The van der Waals surface area contributed by atoms with Crippen LogP contribution in [-0.4, -0.2) is 42.1 Å². The van der Waals surface area contributed by atoms with Gasteiger partial charge in [0.05, 0.1) is 23.6 Å². The molecule has 1 saturated heterocycles. The van der Waals surface area contributed by atoms with Crippen LogP contribution in [0.2, 0.25) is 5.02 Å². The molecule has 4 nitrogen and oxygen atoms in total. The summed E-state index contributed by atoms with van der Waals surface area (Å²) in [5.74, 6) is 1.17. The predicted molar refractivity (Wildman–Crippen MR) is 113 cm³/mol. The van der Waals surface area contributed by atoms with Crippen molar-refractivity contribution in [3.05, 3.63) is 70.2 Å². The van der Waals surface area contributed by atoms with E-state index < -0.39 is 9.84 Å². The molecule has 1 fully saturated rings. The topological polar surface area (TPSA) is 49.7 Å². The predicted octanol–water partition coefficient (Wildman–Crippen LogP) is 3.92. The summed E-state index contributed by atoms with van der Waals surface area (Å²) in [6.07, 6.45) is 0. The second-order valence-electron chi connectivity index (χ2n) is 7.09. The summed E-state index contributed by atoms with van der Waals surface area (Å²) < 4.78 is 24.2. The monoisotopic (exact) mass is 420 g/mol. The van der Waals surface area contributed by atoms with E-state index in [0.717, 1.165) is 16.5 Å². The van der Waals surface area contributed by atoms with Gasteiger partial charge in [-0.25, -0.2) is 8.42 Å². The first-order valence-corrected chi connectivity index (χ1v) is 12.1. The Morgan fingerprint density at radius 2 is 1.89 bits per heavy atom. The fourth-order valence-electron chi connectivity index (χ4n) is 3.60. The minimum atomic E-state index is -3.01. The zero-order chi connectivity index (χ0) is 19.0. The van der Waals surface area contributed by atoms with E-state index >= 15 is 0 Å². The van der Waals surface area contributed by atoms with Gasteiger partial charge in [0.2, 0.25) is 0 Å². The van der Waals surface area contributed by atoms with E-state index in [-0.39, 0.29) is 23.6 Å². The number of rotatable bonds is 4. The number of hydrogen-bond donors (Lipinski definition) is 0. The van der Waals surface area contributed by atoms with Crippen molar-refractivity contribution in [2.75, 3.05) is 11.5 Å². The van der Waals surface area contributed by atoms with E-state index in [2.05, 4.69) is 24.0 Å². The number of nitrogens with zero attached hydrogens (tertiary/aromatic N) is 2. The number of sulfone groups is 1. The molecule has 0 saturated carbocycles. The van der Waals surface area contributed by atoms with E-state index in [9.17, 15) is 8.42 Å². The van der Waals surface area contributed by atoms with Gasteiger partial charge in [0.15, 0.2) is 15.0 Å². The third-order valence-electron chi connectivity index (χ3n) is 5.10. The molecule has 0 N–H and O–H groups in total. The molecule has 27 heavy (non-hydrogen) atoms. The summed E-state index contributed by atoms with van der Waals surface area (Å²) in [7, 11) is -3.01. The molecule has 2 aromatic carbocycles. The van der Waals surface area contributed by atoms with E-state index in [1.165, 1.54) is 11.1 Å². The number of amidine groups is 1. The zero-order valence-electron chi connectivity index (χ0n) is 15.0. The summed E-state index contributed by atoms with van der Waals surface area (Å²) in [5.41, 5.74) is 3.64. The highest BCUT2D eigenvalue weighted by Gasteiger charge is 2.46. The molecule has 0 radical (unpaired) electrons. The maximum Gasteiger partial charge on any atom is 0.160 e. The Morgan fingerprint density at radius 1 is 1.15 bits per heavy atom. The molecule has 0 bridgehead atoms. The Kier molecular flexibility index (Phi) is 5.23. The van der Waals surface area contributed by atoms with Gasteiger partial charge in [0, 0.05) is 17.3 Å². The van der Waals surface area contributed by atoms with Gasteiger partial charge in [0.1, 0.15) is 0 Å². The molecule has 0 amide bonds. The number of aliphatic imine (C=N–C) groups is 1. The highest BCUT2D eigenvalue weighted by atomic mass is 35.5. The fourth-order valence-corrected chi connectivity index (χ4v) is 6.78. The summed E-state index contributed by atoms with van der Waals surface area (Å²) in [6.45, 7) is 2.76. The fraction of sp³-hybridized carbons (Fsp3) is 0.350. The Bertz CT molecular complexity index is 974. The molecule has 2 aromatic rings. The van der Waals surface area contributed by atoms with Crippen LogP contribution >= 0.6 is 23.4 Å². The molecule has 2 heterocycles. The number of halogens is 1. The van der Waals surface area contributed by atoms with Crippen molar-refractivity contribution in [1.29, 1.82) is 0 Å². The number of hydrogen-bond acceptors (Lipinski definition) is 5. The average molecular weight is 421 g/mol. The van der Waals surface area contributed by atoms with Crippen molar-refractivity contribution >= 4 is 38.4 Å². The molecule has 0 aliphatic carbocycles. The summed E-state index contributed by atoms with van der Waals surface area (Å²) in [5, 5.41) is 1.64. The first kappa shape index (κ1) is 18.8. The van der Waals surface area contributed by atoms with Crippen molar-refractivity contribution in [3.8, 4) is 0 Å². The smallest absolute Gasteiger partial charge is 0.160 e. The zero-order valence-corrected chi connectivity index (χ0v) is 17.4. The minimum absolute atomic E-state index is 0.0648. The van der Waals surface area contributed by atoms with E-state index in [1.54, 1.807) is 11.8 Å². The Labute approximate surface area is 169 Å². The van der Waals surface area contributed by atoms with Crippen LogP contribution in [0.4, 0.5) is 0 Å². The lowest BCUT2D eigenvalue weighted by molar-refractivity contribution is 0.343. The summed E-state index contributed by atoms with van der Waals surface area (Å²) >= 11 is 7.69. The number of aryl methyl sites for hydroxylation is 1. The maximum atomic E-state index is 12.1. The van der Waals surface area contributed by atoms with E-state index in [1.807, 2.05) is 36.4 Å². The van der Waals surface area contributed by atoms with Gasteiger partial charge >= 0.3 is 0 Å². The Balaban J connectivity index is 1.55. The molecule has 2 aliphatic heterocycles. The third kappa shape index (κ3) is 4.18. The van der Waals surface area contributed by atoms with Gasteiger partial charge in [-0.3, -0.25) is 4.99 Å². The third-order valence-corrected chi connectivity index (χ3v) is 8.10. The van der Waals surface area contributed by atoms with Crippen molar-refractivity contribution < 1.29 is 8.42 Å². The standard InChI is InChI=1S/C20H21ClN2O2S2/c1-14-4-2-3-5-16(14)11-26-20-22-18-12-27(24,25)13-19(18)23(20)10-15-6-8-17(21)9-7-15/h2-9,18-19H,10-13H2,1H3/t18-,19-/m1/s1. The highest BCUT2D eigenvalue weighted by Crippen LogP contribution is 2.33. The normalized spacial score (nSPS) is 23.3. The van der Waals surface area contributed by atoms with Crippen molar-refractivity contribution in [3.63, 3.8) is 0 Å². The molecular weight excluding hydrogens is 400 g/mol. The lowest BCUT2D eigenvalue weighted by Crippen LogP contribution is -2.38. The average Bonchev–Trinajstić information content (AvgIpc) is 3.08. The largest absolute Gasteiger partial charge is 0.341 e. The first-order chi connectivity index (χ1) is 12.9. The summed E-state index contributed by atoms with van der Waals surface area (Å²) in [6, 6.07) is 15.8. The highest BCUT2D eigenvalue weighted by molar-refractivity contribution is 8.13. The molecule has 7 heteroatoms. The molecule has 2 atom stereocenters. The van der Waals surface area contributed by atoms with Gasteiger partial charge in [-0.2, -0.15) is 0 Å². The van der Waals surface area contributed by atoms with Gasteiger partial charge < -0.3 is 4.90 Å². The van der Waals surface area contributed by atoms with Crippen LogP contribution in [-0.2, 0) is 22.1 Å². The number of thioether (sulfide) groups is 1. The lowest BCUT2D eigenvalue weighted by atomic mass is 10.1. The Morgan fingerprint density at radius 3 is 2.63 bits per heavy atom. The van der Waals surface area contributed by atoms with Gasteiger partial charge in [-0.1, -0.05) is 59.8 Å². The van der Waals surface area contributed by atoms with Crippen LogP contribution in [0.5, 0.6) is 0 Å². The van der Waals surface area contributed by atoms with Gasteiger partial charge in [0.25, 0.3) is 0 Å². The molecular formula is C20H21ClN2O2S2. The van der Waals surface area contributed by atoms with Crippen LogP contribution in [0.3, 0.4) is 0 Å². The second kappa shape index (κ2) is 7.49. The van der Waals surface area contributed by atoms with Crippen LogP contribution < -0.4 is 0 Å². The van der Waals surface area contributed by atoms with Crippen LogP contribution in [0, 0.1) is 6.92 Å². The molecule has 0 spiro atoms. The molecule has 0 aromatic heterocycles. The van der Waals surface area contributed by atoms with Crippen molar-refractivity contribution in [2.24, 2.45) is 4.99 Å². The molecule has 0 unspecified atom stereocenters. The minimum Gasteiger partial charge on any atom is -0.341 e.